The van der Waals surface area contributed by atoms with Crippen LogP contribution in [0.15, 0.2) is 59.8 Å². The molecule has 0 bridgehead atoms. The van der Waals surface area contributed by atoms with Crippen LogP contribution in [0.3, 0.4) is 0 Å². The number of benzene rings is 1. The Kier molecular flexibility index (Phi) is 4.60. The lowest BCUT2D eigenvalue weighted by Gasteiger charge is -2.22. The van der Waals surface area contributed by atoms with E-state index < -0.39 is 0 Å². The number of hydrogen-bond donors (Lipinski definition) is 0. The van der Waals surface area contributed by atoms with E-state index in [4.69, 9.17) is 0 Å². The SMILES string of the molecule is O=C(CCn1cncn1)N(Cc1ccsc1)c1ccccc1. The molecule has 1 amide bonds. The van der Waals surface area contributed by atoms with E-state index in [2.05, 4.69) is 15.5 Å². The van der Waals surface area contributed by atoms with Crippen LogP contribution >= 0.6 is 11.3 Å². The number of hydrogen-bond acceptors (Lipinski definition) is 4. The minimum Gasteiger partial charge on any atom is -0.308 e. The zero-order chi connectivity index (χ0) is 15.2. The number of aromatic nitrogens is 3. The topological polar surface area (TPSA) is 51.0 Å². The Morgan fingerprint density at radius 3 is 2.77 bits per heavy atom. The molecular formula is C16H16N4OS. The fourth-order valence-electron chi connectivity index (χ4n) is 2.19. The molecule has 0 atom stereocenters. The smallest absolute Gasteiger partial charge is 0.229 e. The molecule has 3 aromatic rings. The Morgan fingerprint density at radius 1 is 1.23 bits per heavy atom. The van der Waals surface area contributed by atoms with E-state index in [1.54, 1.807) is 22.3 Å². The van der Waals surface area contributed by atoms with Crippen LogP contribution in [-0.2, 0) is 17.9 Å². The van der Waals surface area contributed by atoms with Crippen molar-refractivity contribution in [2.45, 2.75) is 19.5 Å². The Labute approximate surface area is 132 Å². The van der Waals surface area contributed by atoms with Crippen molar-refractivity contribution in [2.24, 2.45) is 0 Å². The van der Waals surface area contributed by atoms with E-state index in [0.29, 0.717) is 19.5 Å². The number of nitrogens with zero attached hydrogens (tertiary/aromatic N) is 4. The van der Waals surface area contributed by atoms with Crippen molar-refractivity contribution in [3.05, 3.63) is 65.4 Å². The summed E-state index contributed by atoms with van der Waals surface area (Å²) in [6.07, 6.45) is 3.49. The number of thiophene rings is 1. The molecule has 0 spiro atoms. The van der Waals surface area contributed by atoms with Gasteiger partial charge in [-0.05, 0) is 34.5 Å². The predicted molar refractivity (Wildman–Crippen MR) is 86.6 cm³/mol. The Bertz CT molecular complexity index is 695. The van der Waals surface area contributed by atoms with Gasteiger partial charge >= 0.3 is 0 Å². The summed E-state index contributed by atoms with van der Waals surface area (Å²) < 4.78 is 1.67. The van der Waals surface area contributed by atoms with Gasteiger partial charge in [0.05, 0.1) is 13.1 Å². The molecule has 0 saturated heterocycles. The van der Waals surface area contributed by atoms with E-state index in [-0.39, 0.29) is 5.91 Å². The zero-order valence-corrected chi connectivity index (χ0v) is 12.8. The molecule has 22 heavy (non-hydrogen) atoms. The average molecular weight is 312 g/mol. The first-order valence-electron chi connectivity index (χ1n) is 7.02. The third-order valence-electron chi connectivity index (χ3n) is 3.31. The number of anilines is 1. The van der Waals surface area contributed by atoms with Crippen LogP contribution in [0.1, 0.15) is 12.0 Å². The molecule has 0 saturated carbocycles. The first kappa shape index (κ1) is 14.5. The molecule has 6 heteroatoms. The monoisotopic (exact) mass is 312 g/mol. The van der Waals surface area contributed by atoms with Gasteiger partial charge in [-0.3, -0.25) is 9.48 Å². The summed E-state index contributed by atoms with van der Waals surface area (Å²) >= 11 is 1.64. The summed E-state index contributed by atoms with van der Waals surface area (Å²) in [6, 6.07) is 11.8. The molecule has 0 N–H and O–H groups in total. The van der Waals surface area contributed by atoms with Gasteiger partial charge < -0.3 is 4.90 Å². The number of rotatable bonds is 6. The highest BCUT2D eigenvalue weighted by molar-refractivity contribution is 7.07. The highest BCUT2D eigenvalue weighted by Crippen LogP contribution is 2.19. The fourth-order valence-corrected chi connectivity index (χ4v) is 2.85. The molecule has 3 rings (SSSR count). The van der Waals surface area contributed by atoms with E-state index >= 15 is 0 Å². The highest BCUT2D eigenvalue weighted by Gasteiger charge is 2.16. The summed E-state index contributed by atoms with van der Waals surface area (Å²) in [5.41, 5.74) is 2.06. The third-order valence-corrected chi connectivity index (χ3v) is 4.04. The van der Waals surface area contributed by atoms with Crippen LogP contribution in [0.2, 0.25) is 0 Å². The van der Waals surface area contributed by atoms with Gasteiger partial charge in [-0.25, -0.2) is 4.98 Å². The van der Waals surface area contributed by atoms with E-state index in [1.807, 2.05) is 46.7 Å². The van der Waals surface area contributed by atoms with Crippen LogP contribution in [-0.4, -0.2) is 20.7 Å². The quantitative estimate of drug-likeness (QED) is 0.703. The van der Waals surface area contributed by atoms with E-state index in [1.165, 1.54) is 6.33 Å². The van der Waals surface area contributed by atoms with Crippen molar-refractivity contribution in [2.75, 3.05) is 4.90 Å². The minimum absolute atomic E-state index is 0.0768. The maximum atomic E-state index is 12.6. The fraction of sp³-hybridized carbons (Fsp3) is 0.188. The van der Waals surface area contributed by atoms with Crippen molar-refractivity contribution < 1.29 is 4.79 Å². The number of carbonyl (C=O) groups excluding carboxylic acids is 1. The Balaban J connectivity index is 1.74. The van der Waals surface area contributed by atoms with Crippen LogP contribution in [0.5, 0.6) is 0 Å². The standard InChI is InChI=1S/C16H16N4OS/c21-16(6-8-19-13-17-12-18-19)20(10-14-7-9-22-11-14)15-4-2-1-3-5-15/h1-5,7,9,11-13H,6,8,10H2. The highest BCUT2D eigenvalue weighted by atomic mass is 32.1. The normalized spacial score (nSPS) is 10.5. The second kappa shape index (κ2) is 7.00. The summed E-state index contributed by atoms with van der Waals surface area (Å²) in [5, 5.41) is 8.13. The van der Waals surface area contributed by atoms with E-state index in [0.717, 1.165) is 11.3 Å². The summed E-state index contributed by atoms with van der Waals surface area (Å²) in [5.74, 6) is 0.0768. The van der Waals surface area contributed by atoms with Crippen molar-refractivity contribution in [1.29, 1.82) is 0 Å². The molecule has 5 nitrogen and oxygen atoms in total. The Hall–Kier alpha value is -2.47. The van der Waals surface area contributed by atoms with Gasteiger partial charge in [-0.2, -0.15) is 16.4 Å². The van der Waals surface area contributed by atoms with Crippen LogP contribution < -0.4 is 4.90 Å². The van der Waals surface area contributed by atoms with Crippen LogP contribution in [0, 0.1) is 0 Å². The lowest BCUT2D eigenvalue weighted by Crippen LogP contribution is -2.31. The van der Waals surface area contributed by atoms with Crippen molar-refractivity contribution in [3.8, 4) is 0 Å². The van der Waals surface area contributed by atoms with Crippen molar-refractivity contribution >= 4 is 22.9 Å². The number of amides is 1. The second-order valence-electron chi connectivity index (χ2n) is 4.86. The maximum Gasteiger partial charge on any atom is 0.229 e. The minimum atomic E-state index is 0.0768. The van der Waals surface area contributed by atoms with Crippen molar-refractivity contribution in [3.63, 3.8) is 0 Å². The predicted octanol–water partition coefficient (Wildman–Crippen LogP) is 2.96. The first-order valence-corrected chi connectivity index (χ1v) is 7.96. The molecule has 0 aliphatic rings. The zero-order valence-electron chi connectivity index (χ0n) is 12.0. The van der Waals surface area contributed by atoms with Gasteiger partial charge in [0, 0.05) is 12.1 Å². The molecule has 0 unspecified atom stereocenters. The maximum absolute atomic E-state index is 12.6. The first-order chi connectivity index (χ1) is 10.8. The largest absolute Gasteiger partial charge is 0.308 e. The molecule has 112 valence electrons. The van der Waals surface area contributed by atoms with E-state index in [9.17, 15) is 4.79 Å². The van der Waals surface area contributed by atoms with Gasteiger partial charge in [0.15, 0.2) is 0 Å². The van der Waals surface area contributed by atoms with Gasteiger partial charge in [0.2, 0.25) is 5.91 Å². The lowest BCUT2D eigenvalue weighted by molar-refractivity contribution is -0.119. The number of aryl methyl sites for hydroxylation is 1. The van der Waals surface area contributed by atoms with Gasteiger partial charge in [-0.1, -0.05) is 18.2 Å². The summed E-state index contributed by atoms with van der Waals surface area (Å²) in [4.78, 5) is 18.3. The van der Waals surface area contributed by atoms with Gasteiger partial charge in [0.25, 0.3) is 0 Å². The lowest BCUT2D eigenvalue weighted by atomic mass is 10.2. The summed E-state index contributed by atoms with van der Waals surface area (Å²) in [7, 11) is 0. The van der Waals surface area contributed by atoms with Gasteiger partial charge in [-0.15, -0.1) is 0 Å². The molecule has 1 aromatic carbocycles. The molecular weight excluding hydrogens is 296 g/mol. The molecule has 0 aliphatic heterocycles. The average Bonchev–Trinajstić information content (AvgIpc) is 3.24. The van der Waals surface area contributed by atoms with Crippen LogP contribution in [0.25, 0.3) is 0 Å². The molecule has 0 fully saturated rings. The molecule has 0 aliphatic carbocycles. The van der Waals surface area contributed by atoms with Crippen LogP contribution in [0.4, 0.5) is 5.69 Å². The second-order valence-corrected chi connectivity index (χ2v) is 5.64. The van der Waals surface area contributed by atoms with Gasteiger partial charge in [0.1, 0.15) is 12.7 Å². The molecule has 0 radical (unpaired) electrons. The molecule has 2 heterocycles. The number of para-hydroxylation sites is 1. The molecule has 2 aromatic heterocycles. The summed E-state index contributed by atoms with van der Waals surface area (Å²) in [6.45, 7) is 1.12. The number of carbonyl (C=O) groups is 1. The van der Waals surface area contributed by atoms with Crippen molar-refractivity contribution in [1.82, 2.24) is 14.8 Å². The Morgan fingerprint density at radius 2 is 2.09 bits per heavy atom. The third kappa shape index (κ3) is 3.59.